The predicted octanol–water partition coefficient (Wildman–Crippen LogP) is 1.48. The highest BCUT2D eigenvalue weighted by molar-refractivity contribution is 6.60. The maximum absolute atomic E-state index is 10.7. The van der Waals surface area contributed by atoms with Crippen molar-refractivity contribution in [2.75, 3.05) is 0 Å². The highest BCUT2D eigenvalue weighted by atomic mass is 16.4. The molecule has 0 aliphatic carbocycles. The Morgan fingerprint density at radius 3 is 2.20 bits per heavy atom. The third-order valence-electron chi connectivity index (χ3n) is 2.60. The monoisotopic (exact) mass is 270 g/mol. The average Bonchev–Trinajstić information content (AvgIpc) is 2.45. The lowest BCUT2D eigenvalue weighted by Gasteiger charge is -2.02. The van der Waals surface area contributed by atoms with Crippen molar-refractivity contribution in [1.82, 2.24) is 0 Å². The van der Waals surface area contributed by atoms with Gasteiger partial charge in [-0.1, -0.05) is 18.2 Å². The number of azo groups is 1. The van der Waals surface area contributed by atoms with E-state index >= 15 is 0 Å². The molecule has 0 spiro atoms. The number of benzene rings is 2. The standard InChI is InChI=1S/C13H11BN2O4/c17-13(18)9-5-7-10(8-6-9)15-16-12-4-2-1-3-11(12)14(19)20/h1-8,19-20H,(H,17,18). The van der Waals surface area contributed by atoms with Gasteiger partial charge in [-0.15, -0.1) is 0 Å². The summed E-state index contributed by atoms with van der Waals surface area (Å²) in [5.74, 6) is -1.01. The number of rotatable bonds is 4. The van der Waals surface area contributed by atoms with Crippen LogP contribution in [0.25, 0.3) is 0 Å². The minimum atomic E-state index is -1.63. The highest BCUT2D eigenvalue weighted by Gasteiger charge is 2.14. The fourth-order valence-corrected chi connectivity index (χ4v) is 1.58. The highest BCUT2D eigenvalue weighted by Crippen LogP contribution is 2.17. The van der Waals surface area contributed by atoms with Crippen LogP contribution >= 0.6 is 0 Å². The zero-order valence-corrected chi connectivity index (χ0v) is 10.3. The van der Waals surface area contributed by atoms with Crippen LogP contribution in [0.1, 0.15) is 10.4 Å². The lowest BCUT2D eigenvalue weighted by molar-refractivity contribution is 0.0697. The topological polar surface area (TPSA) is 102 Å². The molecule has 2 rings (SSSR count). The van der Waals surface area contributed by atoms with Crippen molar-refractivity contribution in [1.29, 1.82) is 0 Å². The van der Waals surface area contributed by atoms with Gasteiger partial charge >= 0.3 is 13.1 Å². The van der Waals surface area contributed by atoms with Gasteiger partial charge in [0.15, 0.2) is 0 Å². The summed E-state index contributed by atoms with van der Waals surface area (Å²) in [5, 5.41) is 35.0. The van der Waals surface area contributed by atoms with Crippen LogP contribution in [0.2, 0.25) is 0 Å². The zero-order valence-electron chi connectivity index (χ0n) is 10.3. The van der Waals surface area contributed by atoms with Crippen LogP contribution in [0.4, 0.5) is 11.4 Å². The van der Waals surface area contributed by atoms with Gasteiger partial charge in [-0.2, -0.15) is 10.2 Å². The van der Waals surface area contributed by atoms with E-state index < -0.39 is 13.1 Å². The van der Waals surface area contributed by atoms with Gasteiger partial charge < -0.3 is 15.2 Å². The van der Waals surface area contributed by atoms with Gasteiger partial charge in [-0.25, -0.2) is 4.79 Å². The summed E-state index contributed by atoms with van der Waals surface area (Å²) in [5.41, 5.74) is 1.22. The molecule has 0 bridgehead atoms. The van der Waals surface area contributed by atoms with E-state index in [-0.39, 0.29) is 11.0 Å². The molecule has 7 heteroatoms. The van der Waals surface area contributed by atoms with E-state index in [4.69, 9.17) is 5.11 Å². The molecule has 20 heavy (non-hydrogen) atoms. The molecule has 0 aliphatic heterocycles. The molecular weight excluding hydrogens is 259 g/mol. The second-order valence-electron chi connectivity index (χ2n) is 3.98. The van der Waals surface area contributed by atoms with E-state index in [9.17, 15) is 14.8 Å². The zero-order chi connectivity index (χ0) is 14.5. The van der Waals surface area contributed by atoms with Crippen LogP contribution in [0.5, 0.6) is 0 Å². The number of hydrogen-bond acceptors (Lipinski definition) is 5. The first-order valence-corrected chi connectivity index (χ1v) is 5.78. The summed E-state index contributed by atoms with van der Waals surface area (Å²) in [7, 11) is -1.63. The molecule has 3 N–H and O–H groups in total. The van der Waals surface area contributed by atoms with Gasteiger partial charge in [0.05, 0.1) is 16.9 Å². The summed E-state index contributed by atoms with van der Waals surface area (Å²) in [6, 6.07) is 12.4. The summed E-state index contributed by atoms with van der Waals surface area (Å²) in [6.07, 6.45) is 0. The third-order valence-corrected chi connectivity index (χ3v) is 2.60. The molecule has 2 aromatic rings. The van der Waals surface area contributed by atoms with Crippen molar-refractivity contribution in [3.8, 4) is 0 Å². The van der Waals surface area contributed by atoms with Crippen LogP contribution in [-0.4, -0.2) is 28.2 Å². The van der Waals surface area contributed by atoms with E-state index in [1.807, 2.05) is 0 Å². The van der Waals surface area contributed by atoms with E-state index in [1.54, 1.807) is 18.2 Å². The fraction of sp³-hybridized carbons (Fsp3) is 0. The van der Waals surface area contributed by atoms with Crippen LogP contribution in [-0.2, 0) is 0 Å². The summed E-state index contributed by atoms with van der Waals surface area (Å²) >= 11 is 0. The van der Waals surface area contributed by atoms with Gasteiger partial charge in [-0.3, -0.25) is 0 Å². The van der Waals surface area contributed by atoms with Crippen molar-refractivity contribution in [3.63, 3.8) is 0 Å². The van der Waals surface area contributed by atoms with E-state index in [2.05, 4.69) is 10.2 Å². The van der Waals surface area contributed by atoms with Crippen LogP contribution in [0.15, 0.2) is 58.8 Å². The number of aromatic carboxylic acids is 1. The molecule has 2 aromatic carbocycles. The molecule has 0 aliphatic rings. The Morgan fingerprint density at radius 2 is 1.60 bits per heavy atom. The van der Waals surface area contributed by atoms with Crippen molar-refractivity contribution < 1.29 is 19.9 Å². The largest absolute Gasteiger partial charge is 0.490 e. The Bertz CT molecular complexity index is 641. The van der Waals surface area contributed by atoms with Crippen molar-refractivity contribution >= 4 is 29.9 Å². The second-order valence-corrected chi connectivity index (χ2v) is 3.98. The molecule has 6 nitrogen and oxygen atoms in total. The summed E-state index contributed by atoms with van der Waals surface area (Å²) < 4.78 is 0. The van der Waals surface area contributed by atoms with Gasteiger partial charge in [0.25, 0.3) is 0 Å². The lowest BCUT2D eigenvalue weighted by atomic mass is 9.79. The molecular formula is C13H11BN2O4. The van der Waals surface area contributed by atoms with Crippen LogP contribution in [0, 0.1) is 0 Å². The Balaban J connectivity index is 2.23. The molecule has 0 radical (unpaired) electrons. The van der Waals surface area contributed by atoms with Crippen molar-refractivity contribution in [3.05, 3.63) is 54.1 Å². The molecule has 0 fully saturated rings. The number of hydrogen-bond donors (Lipinski definition) is 3. The molecule has 0 unspecified atom stereocenters. The number of nitrogens with zero attached hydrogens (tertiary/aromatic N) is 2. The first-order chi connectivity index (χ1) is 9.58. The average molecular weight is 270 g/mol. The fourth-order valence-electron chi connectivity index (χ4n) is 1.58. The first-order valence-electron chi connectivity index (χ1n) is 5.78. The van der Waals surface area contributed by atoms with Crippen LogP contribution < -0.4 is 5.46 Å². The number of carboxylic acid groups (broad SMARTS) is 1. The molecule has 0 amide bonds. The Kier molecular flexibility index (Phi) is 4.24. The van der Waals surface area contributed by atoms with Crippen LogP contribution in [0.3, 0.4) is 0 Å². The Labute approximate surface area is 115 Å². The molecule has 0 saturated carbocycles. The molecule has 100 valence electrons. The number of carboxylic acids is 1. The summed E-state index contributed by atoms with van der Waals surface area (Å²) in [6.45, 7) is 0. The Morgan fingerprint density at radius 1 is 0.950 bits per heavy atom. The first kappa shape index (κ1) is 13.9. The van der Waals surface area contributed by atoms with E-state index in [1.165, 1.54) is 30.3 Å². The minimum Gasteiger partial charge on any atom is -0.478 e. The van der Waals surface area contributed by atoms with E-state index in [0.29, 0.717) is 11.4 Å². The molecule has 0 atom stereocenters. The van der Waals surface area contributed by atoms with Gasteiger partial charge in [0, 0.05) is 5.46 Å². The van der Waals surface area contributed by atoms with Gasteiger partial charge in [0.2, 0.25) is 0 Å². The lowest BCUT2D eigenvalue weighted by Crippen LogP contribution is -2.29. The molecule has 0 saturated heterocycles. The summed E-state index contributed by atoms with van der Waals surface area (Å²) in [4.78, 5) is 10.7. The van der Waals surface area contributed by atoms with Gasteiger partial charge in [0.1, 0.15) is 0 Å². The SMILES string of the molecule is O=C(O)c1ccc(N=Nc2ccccc2B(O)O)cc1. The maximum Gasteiger partial charge on any atom is 0.490 e. The third kappa shape index (κ3) is 3.28. The molecule has 0 heterocycles. The predicted molar refractivity (Wildman–Crippen MR) is 73.8 cm³/mol. The minimum absolute atomic E-state index is 0.162. The van der Waals surface area contributed by atoms with Crippen molar-refractivity contribution in [2.24, 2.45) is 10.2 Å². The molecule has 0 aromatic heterocycles. The second kappa shape index (κ2) is 6.09. The maximum atomic E-state index is 10.7. The van der Waals surface area contributed by atoms with E-state index in [0.717, 1.165) is 0 Å². The normalized spacial score (nSPS) is 10.7. The Hall–Kier alpha value is -2.51. The van der Waals surface area contributed by atoms with Crippen molar-refractivity contribution in [2.45, 2.75) is 0 Å². The smallest absolute Gasteiger partial charge is 0.478 e. The van der Waals surface area contributed by atoms with Gasteiger partial charge in [-0.05, 0) is 30.3 Å². The number of carbonyl (C=O) groups is 1. The quantitative estimate of drug-likeness (QED) is 0.578.